The molecule has 0 unspecified atom stereocenters. The molecule has 0 saturated carbocycles. The molecule has 176 valence electrons. The van der Waals surface area contributed by atoms with Crippen LogP contribution in [-0.4, -0.2) is 42.1 Å². The fraction of sp³-hybridized carbons (Fsp3) is 0.231. The number of rotatable bonds is 7. The van der Waals surface area contributed by atoms with Crippen molar-refractivity contribution in [2.75, 3.05) is 32.5 Å². The molecule has 8 heteroatoms. The number of hydrogen-bond acceptors (Lipinski definition) is 4. The van der Waals surface area contributed by atoms with Crippen LogP contribution in [0, 0.1) is 0 Å². The maximum Gasteiger partial charge on any atom is 0.416 e. The molecule has 0 atom stereocenters. The van der Waals surface area contributed by atoms with Crippen LogP contribution < -0.4 is 5.32 Å². The highest BCUT2D eigenvalue weighted by Crippen LogP contribution is 2.37. The molecule has 1 N–H and O–H groups in total. The third-order valence-corrected chi connectivity index (χ3v) is 5.68. The first kappa shape index (κ1) is 24.0. The van der Waals surface area contributed by atoms with Crippen LogP contribution in [0.1, 0.15) is 12.0 Å². The van der Waals surface area contributed by atoms with Crippen LogP contribution in [0.5, 0.6) is 0 Å². The Morgan fingerprint density at radius 3 is 2.32 bits per heavy atom. The van der Waals surface area contributed by atoms with Gasteiger partial charge in [-0.25, -0.2) is 9.97 Å². The van der Waals surface area contributed by atoms with Gasteiger partial charge >= 0.3 is 6.18 Å². The summed E-state index contributed by atoms with van der Waals surface area (Å²) in [4.78, 5) is 11.3. The Bertz CT molecular complexity index is 1290. The Kier molecular flexibility index (Phi) is 7.05. The van der Waals surface area contributed by atoms with Gasteiger partial charge in [0.1, 0.15) is 5.82 Å². The summed E-state index contributed by atoms with van der Waals surface area (Å²) in [6, 6.07) is 18.2. The topological polar surface area (TPSA) is 41.0 Å². The summed E-state index contributed by atoms with van der Waals surface area (Å²) in [5.41, 5.74) is 1.12. The van der Waals surface area contributed by atoms with E-state index in [0.29, 0.717) is 34.0 Å². The molecular formula is C26H24ClF3N4. The molecule has 0 bridgehead atoms. The second kappa shape index (κ2) is 9.99. The summed E-state index contributed by atoms with van der Waals surface area (Å²) in [5.74, 6) is 0.721. The van der Waals surface area contributed by atoms with E-state index in [1.165, 1.54) is 0 Å². The molecule has 0 radical (unpaired) electrons. The second-order valence-corrected chi connectivity index (χ2v) is 8.69. The van der Waals surface area contributed by atoms with Crippen molar-refractivity contribution in [3.8, 4) is 22.5 Å². The van der Waals surface area contributed by atoms with Crippen molar-refractivity contribution in [3.63, 3.8) is 0 Å². The standard InChI is InChI=1S/C26H24ClF3N4/c1-34(2)13-7-12-31-25-21-10-6-11-22(27)23(21)32-24(33-25)19-14-18(17-8-4-3-5-9-17)15-20(16-19)26(28,29)30/h3-6,8-11,14-16H,7,12-13H2,1-2H3,(H,31,32,33). The third-order valence-electron chi connectivity index (χ3n) is 5.38. The summed E-state index contributed by atoms with van der Waals surface area (Å²) in [6.45, 7) is 1.53. The van der Waals surface area contributed by atoms with Crippen LogP contribution in [0.4, 0.5) is 19.0 Å². The van der Waals surface area contributed by atoms with E-state index in [1.54, 1.807) is 42.5 Å². The van der Waals surface area contributed by atoms with Crippen LogP contribution in [0.25, 0.3) is 33.4 Å². The smallest absolute Gasteiger partial charge is 0.369 e. The molecule has 0 fully saturated rings. The predicted octanol–water partition coefficient (Wildman–Crippen LogP) is 7.00. The minimum Gasteiger partial charge on any atom is -0.369 e. The molecule has 3 aromatic carbocycles. The normalized spacial score (nSPS) is 11.9. The molecule has 34 heavy (non-hydrogen) atoms. The Hall–Kier alpha value is -3.16. The number of alkyl halides is 3. The van der Waals surface area contributed by atoms with Gasteiger partial charge in [0, 0.05) is 17.5 Å². The van der Waals surface area contributed by atoms with E-state index in [1.807, 2.05) is 26.2 Å². The molecular weight excluding hydrogens is 461 g/mol. The van der Waals surface area contributed by atoms with Gasteiger partial charge in [-0.05, 0) is 68.5 Å². The Morgan fingerprint density at radius 2 is 1.62 bits per heavy atom. The average Bonchev–Trinajstić information content (AvgIpc) is 2.81. The van der Waals surface area contributed by atoms with E-state index in [2.05, 4.69) is 20.2 Å². The van der Waals surface area contributed by atoms with Gasteiger partial charge < -0.3 is 10.2 Å². The van der Waals surface area contributed by atoms with Gasteiger partial charge in [-0.15, -0.1) is 0 Å². The largest absolute Gasteiger partial charge is 0.416 e. The Labute approximate surface area is 201 Å². The van der Waals surface area contributed by atoms with Gasteiger partial charge in [0.05, 0.1) is 16.1 Å². The Balaban J connectivity index is 1.84. The van der Waals surface area contributed by atoms with E-state index in [4.69, 9.17) is 11.6 Å². The minimum atomic E-state index is -4.51. The van der Waals surface area contributed by atoms with E-state index < -0.39 is 11.7 Å². The summed E-state index contributed by atoms with van der Waals surface area (Å²) in [6.07, 6.45) is -3.64. The molecule has 4 aromatic rings. The number of nitrogens with one attached hydrogen (secondary N) is 1. The number of halogens is 4. The molecule has 0 amide bonds. The van der Waals surface area contributed by atoms with Crippen LogP contribution >= 0.6 is 11.6 Å². The van der Waals surface area contributed by atoms with Crippen LogP contribution in [0.3, 0.4) is 0 Å². The van der Waals surface area contributed by atoms with Gasteiger partial charge in [0.2, 0.25) is 0 Å². The molecule has 0 aliphatic rings. The van der Waals surface area contributed by atoms with Crippen molar-refractivity contribution in [1.29, 1.82) is 0 Å². The quantitative estimate of drug-likeness (QED) is 0.287. The molecule has 0 saturated heterocycles. The van der Waals surface area contributed by atoms with E-state index in [-0.39, 0.29) is 11.4 Å². The second-order valence-electron chi connectivity index (χ2n) is 8.28. The zero-order valence-corrected chi connectivity index (χ0v) is 19.6. The minimum absolute atomic E-state index is 0.180. The molecule has 0 spiro atoms. The first-order valence-electron chi connectivity index (χ1n) is 10.9. The highest BCUT2D eigenvalue weighted by atomic mass is 35.5. The van der Waals surface area contributed by atoms with E-state index in [0.717, 1.165) is 30.5 Å². The van der Waals surface area contributed by atoms with Crippen molar-refractivity contribution < 1.29 is 13.2 Å². The van der Waals surface area contributed by atoms with E-state index in [9.17, 15) is 13.2 Å². The molecule has 4 nitrogen and oxygen atoms in total. The van der Waals surface area contributed by atoms with Crippen molar-refractivity contribution in [2.24, 2.45) is 0 Å². The number of hydrogen-bond donors (Lipinski definition) is 1. The lowest BCUT2D eigenvalue weighted by atomic mass is 9.99. The number of para-hydroxylation sites is 1. The maximum atomic E-state index is 13.8. The zero-order valence-electron chi connectivity index (χ0n) is 18.8. The number of nitrogens with zero attached hydrogens (tertiary/aromatic N) is 3. The van der Waals surface area contributed by atoms with Crippen LogP contribution in [0.2, 0.25) is 5.02 Å². The van der Waals surface area contributed by atoms with Crippen molar-refractivity contribution in [2.45, 2.75) is 12.6 Å². The van der Waals surface area contributed by atoms with Gasteiger partial charge in [-0.2, -0.15) is 13.2 Å². The summed E-state index contributed by atoms with van der Waals surface area (Å²) in [7, 11) is 3.99. The lowest BCUT2D eigenvalue weighted by molar-refractivity contribution is -0.137. The fourth-order valence-corrected chi connectivity index (χ4v) is 3.92. The molecule has 1 aromatic heterocycles. The van der Waals surface area contributed by atoms with Crippen molar-refractivity contribution >= 4 is 28.3 Å². The summed E-state index contributed by atoms with van der Waals surface area (Å²) >= 11 is 6.42. The lowest BCUT2D eigenvalue weighted by Crippen LogP contribution is -2.17. The first-order chi connectivity index (χ1) is 16.2. The third kappa shape index (κ3) is 5.48. The number of aromatic nitrogens is 2. The monoisotopic (exact) mass is 484 g/mol. The van der Waals surface area contributed by atoms with E-state index >= 15 is 0 Å². The SMILES string of the molecule is CN(C)CCCNc1nc(-c2cc(-c3ccccc3)cc(C(F)(F)F)c2)nc2c(Cl)cccc12. The van der Waals surface area contributed by atoms with Gasteiger partial charge in [0.25, 0.3) is 0 Å². The average molecular weight is 485 g/mol. The van der Waals surface area contributed by atoms with Gasteiger partial charge in [-0.3, -0.25) is 0 Å². The van der Waals surface area contributed by atoms with Gasteiger partial charge in [-0.1, -0.05) is 48.0 Å². The molecule has 0 aliphatic carbocycles. The molecule has 4 rings (SSSR count). The number of benzene rings is 3. The summed E-state index contributed by atoms with van der Waals surface area (Å²) < 4.78 is 41.3. The predicted molar refractivity (Wildman–Crippen MR) is 132 cm³/mol. The van der Waals surface area contributed by atoms with Crippen LogP contribution in [0.15, 0.2) is 66.7 Å². The van der Waals surface area contributed by atoms with Crippen LogP contribution in [-0.2, 0) is 6.18 Å². The molecule has 1 heterocycles. The fourth-order valence-electron chi connectivity index (χ4n) is 3.70. The maximum absolute atomic E-state index is 13.8. The molecule has 0 aliphatic heterocycles. The number of fused-ring (bicyclic) bond motifs is 1. The van der Waals surface area contributed by atoms with Crippen molar-refractivity contribution in [3.05, 3.63) is 77.3 Å². The van der Waals surface area contributed by atoms with Gasteiger partial charge in [0.15, 0.2) is 5.82 Å². The zero-order chi connectivity index (χ0) is 24.3. The summed E-state index contributed by atoms with van der Waals surface area (Å²) in [5, 5.41) is 4.44. The highest BCUT2D eigenvalue weighted by Gasteiger charge is 2.31. The first-order valence-corrected chi connectivity index (χ1v) is 11.2. The number of anilines is 1. The highest BCUT2D eigenvalue weighted by molar-refractivity contribution is 6.35. The van der Waals surface area contributed by atoms with Crippen molar-refractivity contribution in [1.82, 2.24) is 14.9 Å². The lowest BCUT2D eigenvalue weighted by Gasteiger charge is -2.15. The Morgan fingerprint density at radius 1 is 0.882 bits per heavy atom.